The number of nitrogens with two attached hydrogens (primary N) is 1. The number of anilines is 3. The third-order valence-corrected chi connectivity index (χ3v) is 5.46. The Morgan fingerprint density at radius 3 is 2.31 bits per heavy atom. The molecule has 0 aliphatic rings. The number of halogens is 2. The summed E-state index contributed by atoms with van der Waals surface area (Å²) in [6, 6.07) is 2.88. The summed E-state index contributed by atoms with van der Waals surface area (Å²) in [7, 11) is 4.76. The van der Waals surface area contributed by atoms with Crippen LogP contribution in [-0.2, 0) is 25.9 Å². The van der Waals surface area contributed by atoms with Gasteiger partial charge in [-0.2, -0.15) is 5.10 Å². The monoisotopic (exact) mass is 623 g/mol. The number of imidazole rings is 1. The van der Waals surface area contributed by atoms with E-state index in [1.165, 1.54) is 34.6 Å². The Hall–Kier alpha value is -4.44. The minimum atomic E-state index is -0.612. The van der Waals surface area contributed by atoms with Gasteiger partial charge in [-0.3, -0.25) is 29.3 Å². The maximum atomic E-state index is 12.9. The van der Waals surface area contributed by atoms with E-state index in [1.807, 2.05) is 0 Å². The van der Waals surface area contributed by atoms with Crippen molar-refractivity contribution < 1.29 is 19.2 Å². The van der Waals surface area contributed by atoms with Crippen molar-refractivity contribution in [3.05, 3.63) is 52.8 Å². The van der Waals surface area contributed by atoms with Gasteiger partial charge in [0.1, 0.15) is 11.4 Å². The predicted molar refractivity (Wildman–Crippen MR) is 151 cm³/mol. The molecule has 0 unspecified atom stereocenters. The highest BCUT2D eigenvalue weighted by molar-refractivity contribution is 9.12. The Labute approximate surface area is 237 Å². The number of amidine groups is 1. The number of carbonyl (C=O) groups is 4. The fraction of sp³-hybridized carbons (Fsp3) is 0.227. The second kappa shape index (κ2) is 12.9. The van der Waals surface area contributed by atoms with E-state index in [9.17, 15) is 19.2 Å². The number of amides is 4. The van der Waals surface area contributed by atoms with Gasteiger partial charge < -0.3 is 36.1 Å². The lowest BCUT2D eigenvalue weighted by Gasteiger charge is -2.04. The van der Waals surface area contributed by atoms with Crippen molar-refractivity contribution in [1.82, 2.24) is 29.2 Å². The second-order valence-corrected chi connectivity index (χ2v) is 9.08. The molecule has 3 heterocycles. The molecule has 0 radical (unpaired) electrons. The highest BCUT2D eigenvalue weighted by Gasteiger charge is 2.20. The van der Waals surface area contributed by atoms with Crippen molar-refractivity contribution in [2.75, 3.05) is 22.5 Å². The fourth-order valence-electron chi connectivity index (χ4n) is 3.29. The van der Waals surface area contributed by atoms with Crippen LogP contribution in [0.2, 0.25) is 0 Å². The van der Waals surface area contributed by atoms with Gasteiger partial charge in [-0.25, -0.2) is 4.98 Å². The first-order valence-electron chi connectivity index (χ1n) is 11.0. The van der Waals surface area contributed by atoms with Crippen LogP contribution in [0.3, 0.4) is 0 Å². The average molecular weight is 625 g/mol. The Morgan fingerprint density at radius 2 is 1.67 bits per heavy atom. The largest absolute Gasteiger partial charge is 0.388 e. The second-order valence-electron chi connectivity index (χ2n) is 8.12. The first kappa shape index (κ1) is 30.8. The van der Waals surface area contributed by atoms with E-state index in [2.05, 4.69) is 53.9 Å². The first-order chi connectivity index (χ1) is 17.8. The number of hydrogen-bond donors (Lipinski definition) is 6. The van der Waals surface area contributed by atoms with Gasteiger partial charge in [0.25, 0.3) is 23.6 Å². The van der Waals surface area contributed by atoms with Gasteiger partial charge in [-0.1, -0.05) is 6.58 Å². The molecule has 15 nitrogen and oxygen atoms in total. The zero-order chi connectivity index (χ0) is 28.1. The van der Waals surface area contributed by atoms with Crippen LogP contribution in [0.5, 0.6) is 0 Å². The molecule has 7 N–H and O–H groups in total. The van der Waals surface area contributed by atoms with E-state index in [4.69, 9.17) is 11.1 Å². The minimum Gasteiger partial charge on any atom is -0.388 e. The lowest BCUT2D eigenvalue weighted by Crippen LogP contribution is -2.28. The molecule has 0 aliphatic heterocycles. The van der Waals surface area contributed by atoms with Gasteiger partial charge in [0.05, 0.1) is 16.0 Å². The van der Waals surface area contributed by atoms with Crippen LogP contribution < -0.4 is 27.0 Å². The summed E-state index contributed by atoms with van der Waals surface area (Å²) in [5.74, 6) is -1.81. The van der Waals surface area contributed by atoms with E-state index >= 15 is 0 Å². The Kier molecular flexibility index (Phi) is 10.2. The summed E-state index contributed by atoms with van der Waals surface area (Å²) in [5, 5.41) is 21.8. The molecule has 39 heavy (non-hydrogen) atoms. The first-order valence-corrected chi connectivity index (χ1v) is 11.8. The van der Waals surface area contributed by atoms with Crippen LogP contribution in [-0.4, -0.2) is 59.9 Å². The molecule has 3 aromatic rings. The number of carbonyl (C=O) groups excluding carboxylic acids is 4. The average Bonchev–Trinajstić information content (AvgIpc) is 3.49. The Morgan fingerprint density at radius 1 is 0.974 bits per heavy atom. The molecule has 0 atom stereocenters. The van der Waals surface area contributed by atoms with Gasteiger partial charge in [-0.05, 0) is 22.0 Å². The van der Waals surface area contributed by atoms with Gasteiger partial charge in [-0.15, -0.1) is 12.4 Å². The van der Waals surface area contributed by atoms with E-state index < -0.39 is 17.7 Å². The van der Waals surface area contributed by atoms with Gasteiger partial charge in [0.15, 0.2) is 11.6 Å². The van der Waals surface area contributed by atoms with Crippen LogP contribution in [0.4, 0.5) is 17.3 Å². The highest BCUT2D eigenvalue weighted by atomic mass is 79.9. The number of aryl methyl sites for hydroxylation is 3. The standard InChI is InChI=1S/C22H26BrN11O4.ClH/c1-11(23)19(35)30-17-10-33(3)18(28-17)22(38)29-16-8-14(34(4)31-16)21(37)27-12-7-13(32(2)9-12)20(36)26-6-5-15(24)25;/h7-10H,1,5-6H2,2-4H3,(H3,24,25)(H,26,36)(H,27,37)(H,30,35)(H,29,31,38);1H. The summed E-state index contributed by atoms with van der Waals surface area (Å²) >= 11 is 2.97. The molecule has 17 heteroatoms. The molecular formula is C22H27BrClN11O4. The predicted octanol–water partition coefficient (Wildman–Crippen LogP) is 1.32. The molecule has 0 bridgehead atoms. The lowest BCUT2D eigenvalue weighted by molar-refractivity contribution is -0.112. The van der Waals surface area contributed by atoms with Crippen molar-refractivity contribution in [2.24, 2.45) is 26.9 Å². The summed E-state index contributed by atoms with van der Waals surface area (Å²) in [6.45, 7) is 3.68. The van der Waals surface area contributed by atoms with Gasteiger partial charge >= 0.3 is 0 Å². The smallest absolute Gasteiger partial charge is 0.292 e. The molecule has 3 aromatic heterocycles. The molecule has 0 saturated heterocycles. The van der Waals surface area contributed by atoms with Crippen LogP contribution >= 0.6 is 28.3 Å². The van der Waals surface area contributed by atoms with Crippen LogP contribution in [0.25, 0.3) is 0 Å². The number of nitrogens with one attached hydrogen (secondary N) is 5. The van der Waals surface area contributed by atoms with Gasteiger partial charge in [0, 0.05) is 52.6 Å². The fourth-order valence-corrected chi connectivity index (χ4v) is 3.39. The van der Waals surface area contributed by atoms with E-state index in [0.29, 0.717) is 11.4 Å². The zero-order valence-electron chi connectivity index (χ0n) is 21.2. The number of rotatable bonds is 10. The third kappa shape index (κ3) is 7.78. The minimum absolute atomic E-state index is 0. The van der Waals surface area contributed by atoms with Crippen LogP contribution in [0.1, 0.15) is 38.0 Å². The van der Waals surface area contributed by atoms with E-state index in [1.54, 1.807) is 24.9 Å². The van der Waals surface area contributed by atoms with Crippen LogP contribution in [0.15, 0.2) is 35.6 Å². The maximum Gasteiger partial charge on any atom is 0.292 e. The number of aromatic nitrogens is 5. The molecule has 0 fully saturated rings. The third-order valence-electron chi connectivity index (χ3n) is 5.10. The zero-order valence-corrected chi connectivity index (χ0v) is 23.6. The Balaban J connectivity index is 0.00000533. The number of nitrogens with zero attached hydrogens (tertiary/aromatic N) is 5. The SMILES string of the molecule is C=C(Br)C(=O)Nc1cn(C)c(C(=O)Nc2cc(C(=O)Nc3cc(C(=O)NCCC(=N)N)n(C)c3)n(C)n2)n1.Cl. The quantitative estimate of drug-likeness (QED) is 0.111. The van der Waals surface area contributed by atoms with E-state index in [0.717, 1.165) is 0 Å². The van der Waals surface area contributed by atoms with Crippen molar-refractivity contribution in [1.29, 1.82) is 5.41 Å². The summed E-state index contributed by atoms with van der Waals surface area (Å²) in [4.78, 5) is 53.8. The highest BCUT2D eigenvalue weighted by Crippen LogP contribution is 2.17. The molecule has 0 aromatic carbocycles. The molecule has 0 saturated carbocycles. The van der Waals surface area contributed by atoms with Crippen molar-refractivity contribution in [3.8, 4) is 0 Å². The molecule has 208 valence electrons. The van der Waals surface area contributed by atoms with Gasteiger partial charge in [0.2, 0.25) is 5.82 Å². The molecular weight excluding hydrogens is 598 g/mol. The van der Waals surface area contributed by atoms with E-state index in [-0.39, 0.29) is 64.8 Å². The number of hydrogen-bond acceptors (Lipinski definition) is 7. The summed E-state index contributed by atoms with van der Waals surface area (Å²) in [6.07, 6.45) is 3.25. The Bertz CT molecular complexity index is 1460. The van der Waals surface area contributed by atoms with Crippen molar-refractivity contribution >= 4 is 75.1 Å². The molecule has 4 amide bonds. The molecule has 0 aliphatic carbocycles. The topological polar surface area (TPSA) is 207 Å². The van der Waals surface area contributed by atoms with Crippen LogP contribution in [0, 0.1) is 5.41 Å². The van der Waals surface area contributed by atoms with Crippen molar-refractivity contribution in [2.45, 2.75) is 6.42 Å². The van der Waals surface area contributed by atoms with Crippen molar-refractivity contribution in [3.63, 3.8) is 0 Å². The lowest BCUT2D eigenvalue weighted by atomic mass is 10.3. The molecule has 0 spiro atoms. The summed E-state index contributed by atoms with van der Waals surface area (Å²) < 4.78 is 4.36. The normalized spacial score (nSPS) is 10.3. The summed E-state index contributed by atoms with van der Waals surface area (Å²) in [5.41, 5.74) is 6.10. The molecule has 3 rings (SSSR count). The maximum absolute atomic E-state index is 12.9.